The summed E-state index contributed by atoms with van der Waals surface area (Å²) in [6.07, 6.45) is 6.97. The fourth-order valence-corrected chi connectivity index (χ4v) is 3.07. The number of carbonyl (C=O) groups excluding carboxylic acids is 1. The number of hydrogen-bond acceptors (Lipinski definition) is 5. The first kappa shape index (κ1) is 17.4. The molecule has 0 bridgehead atoms. The zero-order valence-electron chi connectivity index (χ0n) is 15.0. The summed E-state index contributed by atoms with van der Waals surface area (Å²) in [5, 5.41) is 7.55. The van der Waals surface area contributed by atoms with Crippen molar-refractivity contribution in [3.63, 3.8) is 0 Å². The number of ether oxygens (including phenoxy) is 1. The molecule has 0 spiro atoms. The Kier molecular flexibility index (Phi) is 5.01. The summed E-state index contributed by atoms with van der Waals surface area (Å²) < 4.78 is 7.25. The number of amides is 1. The Morgan fingerprint density at radius 1 is 1.28 bits per heavy atom. The normalized spacial score (nSPS) is 20.9. The highest BCUT2D eigenvalue weighted by atomic mass is 16.6. The predicted molar refractivity (Wildman–Crippen MR) is 93.9 cm³/mol. The van der Waals surface area contributed by atoms with Gasteiger partial charge < -0.3 is 10.1 Å². The summed E-state index contributed by atoms with van der Waals surface area (Å²) >= 11 is 0. The van der Waals surface area contributed by atoms with Gasteiger partial charge in [0.05, 0.1) is 6.04 Å². The molecule has 25 heavy (non-hydrogen) atoms. The van der Waals surface area contributed by atoms with Crippen LogP contribution < -0.4 is 5.32 Å². The molecule has 134 valence electrons. The Morgan fingerprint density at radius 3 is 2.84 bits per heavy atom. The molecule has 1 aliphatic carbocycles. The average Bonchev–Trinajstić information content (AvgIpc) is 3.04. The van der Waals surface area contributed by atoms with E-state index in [1.165, 1.54) is 0 Å². The number of nitrogens with one attached hydrogen (secondary N) is 1. The van der Waals surface area contributed by atoms with Crippen LogP contribution in [0.5, 0.6) is 0 Å². The van der Waals surface area contributed by atoms with Crippen LogP contribution in [0.3, 0.4) is 0 Å². The Morgan fingerprint density at radius 2 is 2.12 bits per heavy atom. The molecule has 0 saturated heterocycles. The third-order valence-corrected chi connectivity index (χ3v) is 4.14. The fraction of sp³-hybridized carbons (Fsp3) is 0.556. The van der Waals surface area contributed by atoms with Crippen LogP contribution in [0, 0.1) is 0 Å². The number of hydrogen-bond donors (Lipinski definition) is 1. The lowest BCUT2D eigenvalue weighted by atomic mass is 9.91. The molecule has 2 aromatic heterocycles. The maximum absolute atomic E-state index is 12.0. The van der Waals surface area contributed by atoms with Gasteiger partial charge in [0.15, 0.2) is 5.82 Å². The van der Waals surface area contributed by atoms with Crippen LogP contribution in [-0.2, 0) is 4.74 Å². The van der Waals surface area contributed by atoms with Crippen molar-refractivity contribution in [1.29, 1.82) is 0 Å². The van der Waals surface area contributed by atoms with E-state index in [1.807, 2.05) is 43.7 Å². The SMILES string of the molecule is CC(C)(C)OC(=O)N[C@@H]1CCC[C@@H](n2cnc(-c3ccccn3)n2)C1. The van der Waals surface area contributed by atoms with Gasteiger partial charge in [-0.1, -0.05) is 6.07 Å². The second-order valence-corrected chi connectivity index (χ2v) is 7.43. The van der Waals surface area contributed by atoms with Crippen LogP contribution in [0.15, 0.2) is 30.7 Å². The van der Waals surface area contributed by atoms with Crippen LogP contribution in [0.1, 0.15) is 52.5 Å². The molecular weight excluding hydrogens is 318 g/mol. The lowest BCUT2D eigenvalue weighted by molar-refractivity contribution is 0.0485. The third kappa shape index (κ3) is 4.78. The van der Waals surface area contributed by atoms with E-state index in [9.17, 15) is 4.79 Å². The van der Waals surface area contributed by atoms with Crippen LogP contribution >= 0.6 is 0 Å². The van der Waals surface area contributed by atoms with Gasteiger partial charge in [0, 0.05) is 12.2 Å². The van der Waals surface area contributed by atoms with Crippen molar-refractivity contribution in [2.24, 2.45) is 0 Å². The molecule has 2 aromatic rings. The molecule has 0 unspecified atom stereocenters. The molecule has 2 heterocycles. The van der Waals surface area contributed by atoms with Gasteiger partial charge >= 0.3 is 6.09 Å². The lowest BCUT2D eigenvalue weighted by Crippen LogP contribution is -2.41. The molecule has 0 radical (unpaired) electrons. The second-order valence-electron chi connectivity index (χ2n) is 7.43. The van der Waals surface area contributed by atoms with Gasteiger partial charge in [0.1, 0.15) is 17.6 Å². The van der Waals surface area contributed by atoms with E-state index < -0.39 is 5.60 Å². The van der Waals surface area contributed by atoms with Crippen LogP contribution in [-0.4, -0.2) is 37.5 Å². The molecule has 7 nitrogen and oxygen atoms in total. The van der Waals surface area contributed by atoms with E-state index in [2.05, 4.69) is 20.4 Å². The predicted octanol–water partition coefficient (Wildman–Crippen LogP) is 3.35. The van der Waals surface area contributed by atoms with Crippen LogP contribution in [0.2, 0.25) is 0 Å². The topological polar surface area (TPSA) is 81.9 Å². The number of rotatable bonds is 3. The molecule has 0 aromatic carbocycles. The highest BCUT2D eigenvalue weighted by Gasteiger charge is 2.27. The smallest absolute Gasteiger partial charge is 0.407 e. The van der Waals surface area contributed by atoms with E-state index in [-0.39, 0.29) is 18.2 Å². The second kappa shape index (κ2) is 7.21. The van der Waals surface area contributed by atoms with E-state index in [1.54, 1.807) is 12.5 Å². The standard InChI is InChI=1S/C18H25N5O2/c1-18(2,3)25-17(24)21-13-7-6-8-14(11-13)23-12-20-16(22-23)15-9-4-5-10-19-15/h4-5,9-10,12-14H,6-8,11H2,1-3H3,(H,21,24)/t13-,14-/m1/s1. The first-order valence-corrected chi connectivity index (χ1v) is 8.73. The molecule has 1 aliphatic rings. The molecule has 3 rings (SSSR count). The summed E-state index contributed by atoms with van der Waals surface area (Å²) in [4.78, 5) is 20.6. The molecule has 0 aliphatic heterocycles. The van der Waals surface area contributed by atoms with Crippen molar-refractivity contribution in [3.8, 4) is 11.5 Å². The van der Waals surface area contributed by atoms with E-state index in [0.29, 0.717) is 5.82 Å². The zero-order chi connectivity index (χ0) is 17.9. The first-order valence-electron chi connectivity index (χ1n) is 8.73. The third-order valence-electron chi connectivity index (χ3n) is 4.14. The minimum Gasteiger partial charge on any atom is -0.444 e. The molecular formula is C18H25N5O2. The van der Waals surface area contributed by atoms with Gasteiger partial charge in [-0.05, 0) is 58.6 Å². The van der Waals surface area contributed by atoms with Gasteiger partial charge in [-0.25, -0.2) is 14.5 Å². The van der Waals surface area contributed by atoms with Crippen molar-refractivity contribution in [1.82, 2.24) is 25.1 Å². The highest BCUT2D eigenvalue weighted by Crippen LogP contribution is 2.28. The largest absolute Gasteiger partial charge is 0.444 e. The maximum Gasteiger partial charge on any atom is 0.407 e. The number of aromatic nitrogens is 4. The number of alkyl carbamates (subject to hydrolysis) is 1. The number of carbonyl (C=O) groups is 1. The van der Waals surface area contributed by atoms with Gasteiger partial charge in [-0.15, -0.1) is 5.10 Å². The minimum atomic E-state index is -0.484. The van der Waals surface area contributed by atoms with E-state index in [0.717, 1.165) is 31.4 Å². The molecule has 7 heteroatoms. The summed E-state index contributed by atoms with van der Waals surface area (Å²) in [7, 11) is 0. The van der Waals surface area contributed by atoms with E-state index >= 15 is 0 Å². The number of pyridine rings is 1. The monoisotopic (exact) mass is 343 g/mol. The Balaban J connectivity index is 1.62. The van der Waals surface area contributed by atoms with Gasteiger partial charge in [0.2, 0.25) is 0 Å². The van der Waals surface area contributed by atoms with Crippen molar-refractivity contribution in [2.45, 2.75) is 64.1 Å². The van der Waals surface area contributed by atoms with Crippen LogP contribution in [0.4, 0.5) is 4.79 Å². The highest BCUT2D eigenvalue weighted by molar-refractivity contribution is 5.68. The van der Waals surface area contributed by atoms with Gasteiger partial charge in [-0.3, -0.25) is 4.98 Å². The fourth-order valence-electron chi connectivity index (χ4n) is 3.07. The lowest BCUT2D eigenvalue weighted by Gasteiger charge is -2.30. The van der Waals surface area contributed by atoms with E-state index in [4.69, 9.17) is 4.74 Å². The molecule has 2 atom stereocenters. The Bertz CT molecular complexity index is 708. The molecule has 1 N–H and O–H groups in total. The Hall–Kier alpha value is -2.44. The first-order chi connectivity index (χ1) is 11.9. The summed E-state index contributed by atoms with van der Waals surface area (Å²) in [6, 6.07) is 6.00. The molecule has 1 saturated carbocycles. The zero-order valence-corrected chi connectivity index (χ0v) is 15.0. The minimum absolute atomic E-state index is 0.0936. The van der Waals surface area contributed by atoms with Crippen molar-refractivity contribution < 1.29 is 9.53 Å². The number of nitrogens with zero attached hydrogens (tertiary/aromatic N) is 4. The summed E-state index contributed by atoms with van der Waals surface area (Å²) in [6.45, 7) is 5.60. The van der Waals surface area contributed by atoms with Crippen molar-refractivity contribution in [2.75, 3.05) is 0 Å². The quantitative estimate of drug-likeness (QED) is 0.924. The van der Waals surface area contributed by atoms with Crippen molar-refractivity contribution in [3.05, 3.63) is 30.7 Å². The maximum atomic E-state index is 12.0. The van der Waals surface area contributed by atoms with Gasteiger partial charge in [0.25, 0.3) is 0 Å². The molecule has 1 fully saturated rings. The Labute approximate surface area is 147 Å². The van der Waals surface area contributed by atoms with Crippen molar-refractivity contribution >= 4 is 6.09 Å². The summed E-state index contributed by atoms with van der Waals surface area (Å²) in [5.74, 6) is 0.628. The van der Waals surface area contributed by atoms with Gasteiger partial charge in [-0.2, -0.15) is 0 Å². The molecule has 1 amide bonds. The average molecular weight is 343 g/mol. The summed E-state index contributed by atoms with van der Waals surface area (Å²) in [5.41, 5.74) is 0.280. The van der Waals surface area contributed by atoms with Crippen LogP contribution in [0.25, 0.3) is 11.5 Å².